The summed E-state index contributed by atoms with van der Waals surface area (Å²) in [6.07, 6.45) is -1.51. The van der Waals surface area contributed by atoms with Gasteiger partial charge in [0.05, 0.1) is 9.85 Å². The number of para-hydroxylation sites is 1. The van der Waals surface area contributed by atoms with Crippen LogP contribution in [0.5, 0.6) is 0 Å². The standard InChI is InChI=1S/C11H12N2O7/c14-6-2-5-9(15)11(16)7-3-1-4-8(12(17)18)10(7)13(19)20/h1,3-4,9,14-15H,2,5-6H2. The van der Waals surface area contributed by atoms with Crippen molar-refractivity contribution in [3.8, 4) is 0 Å². The highest BCUT2D eigenvalue weighted by Crippen LogP contribution is 2.31. The third-order valence-corrected chi connectivity index (χ3v) is 2.60. The van der Waals surface area contributed by atoms with Crippen molar-refractivity contribution in [2.45, 2.75) is 18.9 Å². The second kappa shape index (κ2) is 6.68. The number of nitro benzene ring substituents is 2. The normalized spacial score (nSPS) is 11.9. The van der Waals surface area contributed by atoms with Crippen LogP contribution < -0.4 is 0 Å². The van der Waals surface area contributed by atoms with Gasteiger partial charge in [0.2, 0.25) is 0 Å². The molecule has 0 fully saturated rings. The maximum atomic E-state index is 11.9. The molecule has 0 bridgehead atoms. The molecule has 108 valence electrons. The molecule has 1 atom stereocenters. The second-order valence-electron chi connectivity index (χ2n) is 3.93. The van der Waals surface area contributed by atoms with E-state index in [1.54, 1.807) is 0 Å². The van der Waals surface area contributed by atoms with Crippen molar-refractivity contribution in [1.82, 2.24) is 0 Å². The minimum absolute atomic E-state index is 0.0881. The number of benzene rings is 1. The van der Waals surface area contributed by atoms with E-state index < -0.39 is 38.7 Å². The molecule has 2 N–H and O–H groups in total. The van der Waals surface area contributed by atoms with Gasteiger partial charge in [0.15, 0.2) is 5.78 Å². The Kier molecular flexibility index (Phi) is 5.23. The van der Waals surface area contributed by atoms with Crippen LogP contribution in [0.2, 0.25) is 0 Å². The number of aliphatic hydroxyl groups is 2. The van der Waals surface area contributed by atoms with E-state index in [1.165, 1.54) is 0 Å². The number of hydrogen-bond acceptors (Lipinski definition) is 7. The maximum absolute atomic E-state index is 11.9. The van der Waals surface area contributed by atoms with Gasteiger partial charge < -0.3 is 10.2 Å². The average Bonchev–Trinajstić information content (AvgIpc) is 2.42. The number of carbonyl (C=O) groups excluding carboxylic acids is 1. The Balaban J connectivity index is 3.24. The number of rotatable bonds is 7. The molecule has 0 aliphatic rings. The summed E-state index contributed by atoms with van der Waals surface area (Å²) in [5.74, 6) is -0.978. The summed E-state index contributed by atoms with van der Waals surface area (Å²) in [4.78, 5) is 31.6. The zero-order chi connectivity index (χ0) is 15.3. The highest BCUT2D eigenvalue weighted by atomic mass is 16.6. The van der Waals surface area contributed by atoms with Crippen LogP contribution in [0.4, 0.5) is 11.4 Å². The molecule has 0 spiro atoms. The molecule has 1 unspecified atom stereocenters. The highest BCUT2D eigenvalue weighted by Gasteiger charge is 2.33. The molecule has 1 aromatic rings. The first kappa shape index (κ1) is 15.7. The fourth-order valence-electron chi connectivity index (χ4n) is 1.66. The van der Waals surface area contributed by atoms with Crippen molar-refractivity contribution in [3.05, 3.63) is 44.0 Å². The van der Waals surface area contributed by atoms with E-state index in [0.29, 0.717) is 0 Å². The SMILES string of the molecule is O=C(c1cccc([N+](=O)[O-])c1[N+](=O)[O-])C(O)CCCO. The van der Waals surface area contributed by atoms with Crippen molar-refractivity contribution >= 4 is 17.2 Å². The minimum atomic E-state index is -1.55. The van der Waals surface area contributed by atoms with Crippen molar-refractivity contribution in [2.75, 3.05) is 6.61 Å². The Morgan fingerprint density at radius 2 is 1.90 bits per heavy atom. The van der Waals surface area contributed by atoms with Gasteiger partial charge in [-0.3, -0.25) is 25.0 Å². The van der Waals surface area contributed by atoms with Crippen LogP contribution in [-0.2, 0) is 0 Å². The highest BCUT2D eigenvalue weighted by molar-refractivity contribution is 6.04. The van der Waals surface area contributed by atoms with Crippen LogP contribution in [0.25, 0.3) is 0 Å². The number of nitro groups is 2. The van der Waals surface area contributed by atoms with Gasteiger partial charge in [-0.25, -0.2) is 0 Å². The largest absolute Gasteiger partial charge is 0.396 e. The first-order chi connectivity index (χ1) is 9.40. The number of aliphatic hydroxyl groups excluding tert-OH is 2. The summed E-state index contributed by atoms with van der Waals surface area (Å²) in [5, 5.41) is 39.8. The van der Waals surface area contributed by atoms with Crippen LogP contribution in [0.3, 0.4) is 0 Å². The van der Waals surface area contributed by atoms with Gasteiger partial charge in [-0.1, -0.05) is 6.07 Å². The molecule has 0 amide bonds. The number of hydrogen-bond donors (Lipinski definition) is 2. The van der Waals surface area contributed by atoms with E-state index in [0.717, 1.165) is 18.2 Å². The Hall–Kier alpha value is -2.39. The fraction of sp³-hybridized carbons (Fsp3) is 0.364. The minimum Gasteiger partial charge on any atom is -0.396 e. The molecule has 0 radical (unpaired) electrons. The number of ketones is 1. The van der Waals surface area contributed by atoms with E-state index >= 15 is 0 Å². The lowest BCUT2D eigenvalue weighted by molar-refractivity contribution is -0.422. The Morgan fingerprint density at radius 3 is 2.40 bits per heavy atom. The van der Waals surface area contributed by atoms with Crippen molar-refractivity contribution in [2.24, 2.45) is 0 Å². The summed E-state index contributed by atoms with van der Waals surface area (Å²) < 4.78 is 0. The maximum Gasteiger partial charge on any atom is 0.356 e. The molecule has 1 rings (SSSR count). The van der Waals surface area contributed by atoms with Gasteiger partial charge in [-0.2, -0.15) is 0 Å². The van der Waals surface area contributed by atoms with Gasteiger partial charge in [-0.05, 0) is 18.9 Å². The quantitative estimate of drug-likeness (QED) is 0.428. The van der Waals surface area contributed by atoms with E-state index in [1.807, 2.05) is 0 Å². The van der Waals surface area contributed by atoms with Gasteiger partial charge in [-0.15, -0.1) is 0 Å². The molecule has 0 saturated carbocycles. The summed E-state index contributed by atoms with van der Waals surface area (Å²) in [6.45, 7) is -0.249. The molecule has 0 aliphatic heterocycles. The Labute approximate surface area is 112 Å². The average molecular weight is 284 g/mol. The van der Waals surface area contributed by atoms with Crippen molar-refractivity contribution < 1.29 is 24.9 Å². The zero-order valence-corrected chi connectivity index (χ0v) is 10.3. The Morgan fingerprint density at radius 1 is 1.25 bits per heavy atom. The lowest BCUT2D eigenvalue weighted by Crippen LogP contribution is -2.22. The van der Waals surface area contributed by atoms with Gasteiger partial charge in [0.25, 0.3) is 0 Å². The topological polar surface area (TPSA) is 144 Å². The molecule has 1 aromatic carbocycles. The van der Waals surface area contributed by atoms with Crippen LogP contribution in [0.1, 0.15) is 23.2 Å². The van der Waals surface area contributed by atoms with E-state index in [9.17, 15) is 30.1 Å². The number of nitrogens with zero attached hydrogens (tertiary/aromatic N) is 2. The van der Waals surface area contributed by atoms with Crippen LogP contribution in [0, 0.1) is 20.2 Å². The summed E-state index contributed by atoms with van der Waals surface area (Å²) >= 11 is 0. The lowest BCUT2D eigenvalue weighted by Gasteiger charge is -2.08. The molecular formula is C11H12N2O7. The summed E-state index contributed by atoms with van der Waals surface area (Å²) in [7, 11) is 0. The van der Waals surface area contributed by atoms with Crippen LogP contribution >= 0.6 is 0 Å². The predicted octanol–water partition coefficient (Wildman–Crippen LogP) is 0.819. The second-order valence-corrected chi connectivity index (χ2v) is 3.93. The molecule has 0 saturated heterocycles. The van der Waals surface area contributed by atoms with Gasteiger partial charge in [0.1, 0.15) is 11.7 Å². The van der Waals surface area contributed by atoms with Gasteiger partial charge >= 0.3 is 11.4 Å². The zero-order valence-electron chi connectivity index (χ0n) is 10.3. The van der Waals surface area contributed by atoms with E-state index in [2.05, 4.69) is 0 Å². The smallest absolute Gasteiger partial charge is 0.356 e. The third-order valence-electron chi connectivity index (χ3n) is 2.60. The van der Waals surface area contributed by atoms with Crippen LogP contribution in [0.15, 0.2) is 18.2 Å². The molecule has 0 aliphatic carbocycles. The Bertz CT molecular complexity index is 544. The van der Waals surface area contributed by atoms with Crippen molar-refractivity contribution in [1.29, 1.82) is 0 Å². The summed E-state index contributed by atoms with van der Waals surface area (Å²) in [6, 6.07) is 3.10. The molecule has 9 heteroatoms. The molecule has 20 heavy (non-hydrogen) atoms. The first-order valence-electron chi connectivity index (χ1n) is 5.65. The fourth-order valence-corrected chi connectivity index (χ4v) is 1.66. The van der Waals surface area contributed by atoms with Crippen LogP contribution in [-0.4, -0.2) is 38.6 Å². The van der Waals surface area contributed by atoms with E-state index in [4.69, 9.17) is 5.11 Å². The predicted molar refractivity (Wildman–Crippen MR) is 66.4 cm³/mol. The third kappa shape index (κ3) is 3.33. The van der Waals surface area contributed by atoms with Crippen molar-refractivity contribution in [3.63, 3.8) is 0 Å². The molecule has 0 aromatic heterocycles. The monoisotopic (exact) mass is 284 g/mol. The first-order valence-corrected chi connectivity index (χ1v) is 5.65. The molecule has 0 heterocycles. The molecule has 9 nitrogen and oxygen atoms in total. The van der Waals surface area contributed by atoms with E-state index in [-0.39, 0.29) is 19.4 Å². The summed E-state index contributed by atoms with van der Waals surface area (Å²) in [5.41, 5.74) is -2.27. The number of carbonyl (C=O) groups is 1. The number of Topliss-reactive ketones (excluding diaryl/α,β-unsaturated/α-hetero) is 1. The molecular weight excluding hydrogens is 272 g/mol. The lowest BCUT2D eigenvalue weighted by atomic mass is 10.0. The van der Waals surface area contributed by atoms with Gasteiger partial charge in [0, 0.05) is 12.7 Å².